The maximum Gasteiger partial charge on any atom is 0.155 e. The molecule has 0 saturated carbocycles. The second-order valence-electron chi connectivity index (χ2n) is 8.63. The smallest absolute Gasteiger partial charge is 0.155 e. The fourth-order valence-electron chi connectivity index (χ4n) is 4.88. The van der Waals surface area contributed by atoms with Crippen LogP contribution in [0.5, 0.6) is 5.75 Å². The average Bonchev–Trinajstić information content (AvgIpc) is 2.89. The Bertz CT molecular complexity index is 1070. The molecule has 2 aliphatic heterocycles. The highest BCUT2D eigenvalue weighted by molar-refractivity contribution is 5.90. The van der Waals surface area contributed by atoms with Crippen LogP contribution in [0.25, 0.3) is 0 Å². The van der Waals surface area contributed by atoms with Gasteiger partial charge in [0, 0.05) is 75.5 Å². The number of hydrogen-bond acceptors (Lipinski definition) is 6. The molecule has 2 heterocycles. The van der Waals surface area contributed by atoms with Crippen LogP contribution >= 0.6 is 0 Å². The number of benzene rings is 3. The van der Waals surface area contributed by atoms with Crippen LogP contribution in [0, 0.1) is 0 Å². The number of piperazine rings is 2. The predicted octanol–water partition coefficient (Wildman–Crippen LogP) is 3.86. The molecule has 6 heteroatoms. The first-order valence-corrected chi connectivity index (χ1v) is 11.6. The van der Waals surface area contributed by atoms with E-state index >= 15 is 0 Å². The van der Waals surface area contributed by atoms with Gasteiger partial charge in [-0.2, -0.15) is 0 Å². The first-order chi connectivity index (χ1) is 16.2. The SMILES string of the molecule is O=Cc1c(O)cc(N2CCN(c3ccccc3)CC2)cc1N1CCN(c2ccccc2)CC1. The summed E-state index contributed by atoms with van der Waals surface area (Å²) in [6.45, 7) is 6.95. The summed E-state index contributed by atoms with van der Waals surface area (Å²) in [5.74, 6) is 0.0634. The highest BCUT2D eigenvalue weighted by Crippen LogP contribution is 2.35. The lowest BCUT2D eigenvalue weighted by Crippen LogP contribution is -2.47. The number of rotatable bonds is 5. The van der Waals surface area contributed by atoms with Crippen molar-refractivity contribution in [1.82, 2.24) is 0 Å². The molecule has 2 aliphatic rings. The van der Waals surface area contributed by atoms with Gasteiger partial charge in [0.2, 0.25) is 0 Å². The number of carbonyl (C=O) groups is 1. The summed E-state index contributed by atoms with van der Waals surface area (Å²) in [5, 5.41) is 10.7. The Hall–Kier alpha value is -3.67. The van der Waals surface area contributed by atoms with E-state index in [1.165, 1.54) is 11.4 Å². The lowest BCUT2D eigenvalue weighted by atomic mass is 10.1. The van der Waals surface area contributed by atoms with Gasteiger partial charge in [-0.3, -0.25) is 4.79 Å². The van der Waals surface area contributed by atoms with Gasteiger partial charge in [-0.25, -0.2) is 0 Å². The van der Waals surface area contributed by atoms with Crippen molar-refractivity contribution >= 4 is 29.0 Å². The summed E-state index contributed by atoms with van der Waals surface area (Å²) in [5.41, 5.74) is 4.66. The molecule has 0 unspecified atom stereocenters. The van der Waals surface area contributed by atoms with E-state index in [0.29, 0.717) is 5.56 Å². The maximum atomic E-state index is 11.8. The molecule has 0 radical (unpaired) electrons. The number of hydrogen-bond donors (Lipinski definition) is 1. The molecule has 1 N–H and O–H groups in total. The van der Waals surface area contributed by atoms with E-state index in [1.54, 1.807) is 6.07 Å². The number of phenols is 1. The Kier molecular flexibility index (Phi) is 6.07. The normalized spacial score (nSPS) is 16.7. The Balaban J connectivity index is 1.31. The summed E-state index contributed by atoms with van der Waals surface area (Å²) >= 11 is 0. The van der Waals surface area contributed by atoms with Crippen molar-refractivity contribution in [3.05, 3.63) is 78.4 Å². The van der Waals surface area contributed by atoms with Crippen molar-refractivity contribution in [2.45, 2.75) is 0 Å². The van der Waals surface area contributed by atoms with Gasteiger partial charge in [-0.1, -0.05) is 36.4 Å². The Labute approximate surface area is 195 Å². The third-order valence-electron chi connectivity index (χ3n) is 6.75. The minimum Gasteiger partial charge on any atom is -0.507 e. The lowest BCUT2D eigenvalue weighted by molar-refractivity contribution is 0.112. The van der Waals surface area contributed by atoms with E-state index in [2.05, 4.69) is 74.2 Å². The van der Waals surface area contributed by atoms with Crippen molar-refractivity contribution in [3.63, 3.8) is 0 Å². The summed E-state index contributed by atoms with van der Waals surface area (Å²) in [4.78, 5) is 21.1. The molecule has 0 atom stereocenters. The predicted molar refractivity (Wildman–Crippen MR) is 135 cm³/mol. The highest BCUT2D eigenvalue weighted by atomic mass is 16.3. The van der Waals surface area contributed by atoms with Crippen LogP contribution in [-0.2, 0) is 0 Å². The van der Waals surface area contributed by atoms with Crippen LogP contribution in [0.1, 0.15) is 10.4 Å². The van der Waals surface area contributed by atoms with Crippen molar-refractivity contribution < 1.29 is 9.90 Å². The number of phenolic OH excluding ortho intramolecular Hbond substituents is 1. The van der Waals surface area contributed by atoms with Crippen molar-refractivity contribution in [2.24, 2.45) is 0 Å². The third kappa shape index (κ3) is 4.46. The van der Waals surface area contributed by atoms with Gasteiger partial charge in [-0.05, 0) is 30.3 Å². The number of nitrogens with zero attached hydrogens (tertiary/aromatic N) is 4. The number of para-hydroxylation sites is 2. The third-order valence-corrected chi connectivity index (χ3v) is 6.75. The number of carbonyl (C=O) groups excluding carboxylic acids is 1. The second-order valence-corrected chi connectivity index (χ2v) is 8.63. The van der Waals surface area contributed by atoms with Gasteiger partial charge in [0.1, 0.15) is 5.75 Å². The second kappa shape index (κ2) is 9.45. The van der Waals surface area contributed by atoms with Crippen LogP contribution in [0.2, 0.25) is 0 Å². The molecule has 33 heavy (non-hydrogen) atoms. The lowest BCUT2D eigenvalue weighted by Gasteiger charge is -2.40. The molecule has 0 aliphatic carbocycles. The van der Waals surface area contributed by atoms with E-state index in [1.807, 2.05) is 12.1 Å². The summed E-state index contributed by atoms with van der Waals surface area (Å²) in [6.07, 6.45) is 0.783. The fraction of sp³-hybridized carbons (Fsp3) is 0.296. The molecular weight excluding hydrogens is 412 g/mol. The largest absolute Gasteiger partial charge is 0.507 e. The van der Waals surface area contributed by atoms with Crippen LogP contribution in [0.15, 0.2) is 72.8 Å². The summed E-state index contributed by atoms with van der Waals surface area (Å²) in [7, 11) is 0. The molecule has 0 amide bonds. The fourth-order valence-corrected chi connectivity index (χ4v) is 4.88. The van der Waals surface area contributed by atoms with E-state index in [9.17, 15) is 9.90 Å². The molecule has 2 fully saturated rings. The first kappa shape index (κ1) is 21.2. The summed E-state index contributed by atoms with van der Waals surface area (Å²) < 4.78 is 0. The van der Waals surface area contributed by atoms with Gasteiger partial charge in [-0.15, -0.1) is 0 Å². The highest BCUT2D eigenvalue weighted by Gasteiger charge is 2.24. The van der Waals surface area contributed by atoms with Crippen molar-refractivity contribution in [2.75, 3.05) is 72.0 Å². The Morgan fingerprint density at radius 1 is 0.576 bits per heavy atom. The van der Waals surface area contributed by atoms with E-state index in [0.717, 1.165) is 70.0 Å². The molecule has 170 valence electrons. The quantitative estimate of drug-likeness (QED) is 0.606. The number of anilines is 4. The number of aromatic hydroxyl groups is 1. The molecule has 2 saturated heterocycles. The zero-order chi connectivity index (χ0) is 22.6. The molecule has 5 rings (SSSR count). The molecule has 0 aromatic heterocycles. The Morgan fingerprint density at radius 3 is 1.45 bits per heavy atom. The number of aldehydes is 1. The van der Waals surface area contributed by atoms with Gasteiger partial charge in [0.15, 0.2) is 6.29 Å². The topological polar surface area (TPSA) is 50.3 Å². The molecular formula is C27H30N4O2. The minimum atomic E-state index is 0.0634. The van der Waals surface area contributed by atoms with Gasteiger partial charge in [0.05, 0.1) is 11.3 Å². The van der Waals surface area contributed by atoms with Crippen LogP contribution < -0.4 is 19.6 Å². The monoisotopic (exact) mass is 442 g/mol. The van der Waals surface area contributed by atoms with E-state index in [4.69, 9.17) is 0 Å². The molecule has 6 nitrogen and oxygen atoms in total. The standard InChI is InChI=1S/C27H30N4O2/c32-21-25-26(31-17-15-29(16-18-31)23-9-5-2-6-10-23)19-24(20-27(25)33)30-13-11-28(12-14-30)22-7-3-1-4-8-22/h1-10,19-21,33H,11-18H2. The van der Waals surface area contributed by atoms with Crippen LogP contribution in [-0.4, -0.2) is 63.8 Å². The van der Waals surface area contributed by atoms with Crippen molar-refractivity contribution in [3.8, 4) is 5.75 Å². The maximum absolute atomic E-state index is 11.8. The molecule has 3 aromatic carbocycles. The Morgan fingerprint density at radius 2 is 1.00 bits per heavy atom. The van der Waals surface area contributed by atoms with E-state index < -0.39 is 0 Å². The molecule has 0 bridgehead atoms. The van der Waals surface area contributed by atoms with Gasteiger partial charge >= 0.3 is 0 Å². The van der Waals surface area contributed by atoms with E-state index in [-0.39, 0.29) is 5.75 Å². The zero-order valence-corrected chi connectivity index (χ0v) is 18.8. The van der Waals surface area contributed by atoms with Crippen molar-refractivity contribution in [1.29, 1.82) is 0 Å². The van der Waals surface area contributed by atoms with Crippen LogP contribution in [0.3, 0.4) is 0 Å². The van der Waals surface area contributed by atoms with Gasteiger partial charge < -0.3 is 24.7 Å². The molecule has 3 aromatic rings. The van der Waals surface area contributed by atoms with Crippen LogP contribution in [0.4, 0.5) is 22.7 Å². The van der Waals surface area contributed by atoms with Gasteiger partial charge in [0.25, 0.3) is 0 Å². The zero-order valence-electron chi connectivity index (χ0n) is 18.8. The average molecular weight is 443 g/mol. The molecule has 0 spiro atoms. The summed E-state index contributed by atoms with van der Waals surface area (Å²) in [6, 6.07) is 24.7. The minimum absolute atomic E-state index is 0.0634. The first-order valence-electron chi connectivity index (χ1n) is 11.6.